The number of carbonyl (C=O) groups excluding carboxylic acids is 2. The van der Waals surface area contributed by atoms with E-state index >= 15 is 0 Å². The molecule has 0 aliphatic heterocycles. The van der Waals surface area contributed by atoms with Crippen molar-refractivity contribution in [2.24, 2.45) is 23.2 Å². The number of ether oxygens (including phenoxy) is 2. The van der Waals surface area contributed by atoms with E-state index in [1.807, 2.05) is 18.2 Å². The smallest absolute Gasteiger partial charge is 0.226 e. The van der Waals surface area contributed by atoms with E-state index in [-0.39, 0.29) is 23.7 Å². The third-order valence-electron chi connectivity index (χ3n) is 7.12. The number of benzene rings is 1. The highest BCUT2D eigenvalue weighted by Crippen LogP contribution is 2.60. The second kappa shape index (κ2) is 8.25. The lowest BCUT2D eigenvalue weighted by Crippen LogP contribution is -2.53. The Labute approximate surface area is 172 Å². The van der Waals surface area contributed by atoms with Gasteiger partial charge in [-0.2, -0.15) is 0 Å². The molecule has 1 aromatic carbocycles. The summed E-state index contributed by atoms with van der Waals surface area (Å²) in [5.74, 6) is 3.60. The van der Waals surface area contributed by atoms with E-state index < -0.39 is 0 Å². The molecule has 4 fully saturated rings. The number of methoxy groups -OCH3 is 2. The van der Waals surface area contributed by atoms with Crippen LogP contribution >= 0.6 is 0 Å². The van der Waals surface area contributed by atoms with Crippen molar-refractivity contribution >= 4 is 11.8 Å². The number of carbonyl (C=O) groups is 2. The normalized spacial score (nSPS) is 29.4. The van der Waals surface area contributed by atoms with E-state index in [4.69, 9.17) is 9.47 Å². The van der Waals surface area contributed by atoms with Crippen LogP contribution in [0.15, 0.2) is 18.2 Å². The molecule has 158 valence electrons. The van der Waals surface area contributed by atoms with E-state index in [0.717, 1.165) is 42.6 Å². The van der Waals surface area contributed by atoms with Gasteiger partial charge >= 0.3 is 0 Å². The lowest BCUT2D eigenvalue weighted by Gasteiger charge is -2.55. The van der Waals surface area contributed by atoms with Crippen molar-refractivity contribution in [1.82, 2.24) is 10.6 Å². The minimum absolute atomic E-state index is 0.0827. The molecule has 4 bridgehead atoms. The van der Waals surface area contributed by atoms with Crippen LogP contribution in [0.25, 0.3) is 0 Å². The summed E-state index contributed by atoms with van der Waals surface area (Å²) in [6, 6.07) is 5.59. The van der Waals surface area contributed by atoms with Crippen LogP contribution in [0.1, 0.15) is 50.5 Å². The van der Waals surface area contributed by atoms with Gasteiger partial charge in [-0.05, 0) is 62.3 Å². The molecule has 29 heavy (non-hydrogen) atoms. The van der Waals surface area contributed by atoms with Gasteiger partial charge in [0.15, 0.2) is 11.5 Å². The third-order valence-corrected chi connectivity index (χ3v) is 7.12. The van der Waals surface area contributed by atoms with Crippen LogP contribution < -0.4 is 20.1 Å². The van der Waals surface area contributed by atoms with Crippen LogP contribution in [0.4, 0.5) is 0 Å². The average molecular weight is 401 g/mol. The SMILES string of the molecule is COc1cccc(CNC(=O)CCNC(=O)C23CC4CC(CC(C4)C2)C3)c1OC. The lowest BCUT2D eigenvalue weighted by molar-refractivity contribution is -0.146. The first-order chi connectivity index (χ1) is 14.0. The zero-order valence-electron chi connectivity index (χ0n) is 17.5. The fraction of sp³-hybridized carbons (Fsp3) is 0.652. The number of para-hydroxylation sites is 1. The largest absolute Gasteiger partial charge is 0.493 e. The van der Waals surface area contributed by atoms with Crippen molar-refractivity contribution in [2.45, 2.75) is 51.5 Å². The molecule has 0 aromatic heterocycles. The molecule has 0 saturated heterocycles. The molecule has 2 N–H and O–H groups in total. The summed E-state index contributed by atoms with van der Waals surface area (Å²) in [7, 11) is 3.18. The molecular weight excluding hydrogens is 368 g/mol. The highest BCUT2D eigenvalue weighted by molar-refractivity contribution is 5.84. The van der Waals surface area contributed by atoms with Gasteiger partial charge in [-0.15, -0.1) is 0 Å². The van der Waals surface area contributed by atoms with Crippen LogP contribution in [-0.4, -0.2) is 32.6 Å². The number of hydrogen-bond donors (Lipinski definition) is 2. The van der Waals surface area contributed by atoms with E-state index in [9.17, 15) is 9.59 Å². The fourth-order valence-corrected chi connectivity index (χ4v) is 6.24. The number of rotatable bonds is 8. The molecule has 6 heteroatoms. The zero-order valence-corrected chi connectivity index (χ0v) is 17.5. The van der Waals surface area contributed by atoms with E-state index in [2.05, 4.69) is 10.6 Å². The molecule has 0 spiro atoms. The Kier molecular flexibility index (Phi) is 5.70. The molecule has 4 aliphatic carbocycles. The summed E-state index contributed by atoms with van der Waals surface area (Å²) in [4.78, 5) is 25.2. The highest BCUT2D eigenvalue weighted by atomic mass is 16.5. The van der Waals surface area contributed by atoms with Crippen molar-refractivity contribution < 1.29 is 19.1 Å². The predicted octanol–water partition coefficient (Wildman–Crippen LogP) is 3.04. The summed E-state index contributed by atoms with van der Waals surface area (Å²) in [5, 5.41) is 5.97. The van der Waals surface area contributed by atoms with Crippen LogP contribution in [0.5, 0.6) is 11.5 Å². The lowest BCUT2D eigenvalue weighted by atomic mass is 9.49. The van der Waals surface area contributed by atoms with Crippen LogP contribution in [0.3, 0.4) is 0 Å². The number of nitrogens with one attached hydrogen (secondary N) is 2. The van der Waals surface area contributed by atoms with Crippen LogP contribution in [-0.2, 0) is 16.1 Å². The Hall–Kier alpha value is -2.24. The Morgan fingerprint density at radius 1 is 1.00 bits per heavy atom. The fourth-order valence-electron chi connectivity index (χ4n) is 6.24. The quantitative estimate of drug-likeness (QED) is 0.703. The number of hydrogen-bond acceptors (Lipinski definition) is 4. The molecule has 6 nitrogen and oxygen atoms in total. The van der Waals surface area contributed by atoms with Crippen molar-refractivity contribution in [2.75, 3.05) is 20.8 Å². The molecule has 1 aromatic rings. The maximum absolute atomic E-state index is 12.9. The average Bonchev–Trinajstić information content (AvgIpc) is 2.70. The van der Waals surface area contributed by atoms with Crippen LogP contribution in [0.2, 0.25) is 0 Å². The first-order valence-electron chi connectivity index (χ1n) is 10.8. The standard InChI is InChI=1S/C23H32N2O4/c1-28-19-5-3-4-18(21(19)29-2)14-25-20(26)6-7-24-22(27)23-11-15-8-16(12-23)10-17(9-15)13-23/h3-5,15-17H,6-14H2,1-2H3,(H,24,27)(H,25,26). The second-order valence-electron chi connectivity index (χ2n) is 9.13. The summed E-state index contributed by atoms with van der Waals surface area (Å²) >= 11 is 0. The molecule has 0 radical (unpaired) electrons. The van der Waals surface area contributed by atoms with Crippen molar-refractivity contribution in [1.29, 1.82) is 0 Å². The molecule has 4 aliphatic rings. The molecule has 0 unspecified atom stereocenters. The van der Waals surface area contributed by atoms with Gasteiger partial charge in [0.2, 0.25) is 11.8 Å². The molecule has 4 saturated carbocycles. The Bertz CT molecular complexity index is 741. The van der Waals surface area contributed by atoms with Gasteiger partial charge in [-0.1, -0.05) is 12.1 Å². The topological polar surface area (TPSA) is 76.7 Å². The first-order valence-corrected chi connectivity index (χ1v) is 10.8. The molecule has 5 rings (SSSR count). The predicted molar refractivity (Wildman–Crippen MR) is 110 cm³/mol. The van der Waals surface area contributed by atoms with Gasteiger partial charge in [0.05, 0.1) is 14.2 Å². The second-order valence-corrected chi connectivity index (χ2v) is 9.13. The van der Waals surface area contributed by atoms with Gasteiger partial charge in [-0.3, -0.25) is 9.59 Å². The van der Waals surface area contributed by atoms with Crippen molar-refractivity contribution in [3.63, 3.8) is 0 Å². The van der Waals surface area contributed by atoms with E-state index in [0.29, 0.717) is 24.6 Å². The molecule has 2 amide bonds. The third kappa shape index (κ3) is 4.07. The highest BCUT2D eigenvalue weighted by Gasteiger charge is 2.54. The minimum Gasteiger partial charge on any atom is -0.493 e. The monoisotopic (exact) mass is 400 g/mol. The molecule has 0 atom stereocenters. The van der Waals surface area contributed by atoms with Gasteiger partial charge in [0.1, 0.15) is 0 Å². The maximum atomic E-state index is 12.9. The summed E-state index contributed by atoms with van der Waals surface area (Å²) in [6.45, 7) is 0.754. The van der Waals surface area contributed by atoms with E-state index in [1.165, 1.54) is 19.3 Å². The molecule has 0 heterocycles. The van der Waals surface area contributed by atoms with E-state index in [1.54, 1.807) is 14.2 Å². The van der Waals surface area contributed by atoms with Gasteiger partial charge in [-0.25, -0.2) is 0 Å². The number of amides is 2. The Morgan fingerprint density at radius 3 is 2.24 bits per heavy atom. The van der Waals surface area contributed by atoms with Crippen molar-refractivity contribution in [3.8, 4) is 11.5 Å². The Morgan fingerprint density at radius 2 is 1.66 bits per heavy atom. The Balaban J connectivity index is 1.24. The summed E-state index contributed by atoms with van der Waals surface area (Å²) < 4.78 is 10.7. The van der Waals surface area contributed by atoms with Crippen molar-refractivity contribution in [3.05, 3.63) is 23.8 Å². The summed E-state index contributed by atoms with van der Waals surface area (Å²) in [5.41, 5.74) is 0.705. The van der Waals surface area contributed by atoms with Gasteiger partial charge < -0.3 is 20.1 Å². The maximum Gasteiger partial charge on any atom is 0.226 e. The summed E-state index contributed by atoms with van der Waals surface area (Å²) in [6.07, 6.45) is 7.39. The zero-order chi connectivity index (χ0) is 20.4. The van der Waals surface area contributed by atoms with Crippen LogP contribution in [0, 0.1) is 23.2 Å². The first kappa shape index (κ1) is 20.0. The molecular formula is C23H32N2O4. The van der Waals surface area contributed by atoms with Gasteiger partial charge in [0.25, 0.3) is 0 Å². The van der Waals surface area contributed by atoms with Gasteiger partial charge in [0, 0.05) is 30.5 Å². The minimum atomic E-state index is -0.154.